The van der Waals surface area contributed by atoms with Crippen LogP contribution in [0.1, 0.15) is 56.6 Å². The number of nitrogens with one attached hydrogen (secondary N) is 1. The molecular weight excluding hydrogens is 476 g/mol. The Morgan fingerprint density at radius 2 is 1.79 bits per heavy atom. The second-order valence-electron chi connectivity index (χ2n) is 11.5. The highest BCUT2D eigenvalue weighted by Crippen LogP contribution is 2.61. The third-order valence-electron chi connectivity index (χ3n) is 9.63. The van der Waals surface area contributed by atoms with E-state index in [9.17, 15) is 9.59 Å². The molecule has 5 atom stereocenters. The molecule has 2 aromatic carbocycles. The highest BCUT2D eigenvalue weighted by Gasteiger charge is 2.62. The summed E-state index contributed by atoms with van der Waals surface area (Å²) in [6, 6.07) is 19.5. The molecule has 0 bridgehead atoms. The van der Waals surface area contributed by atoms with E-state index in [1.807, 2.05) is 0 Å². The van der Waals surface area contributed by atoms with Crippen LogP contribution >= 0.6 is 0 Å². The SMILES string of the molecule is COC(=O)C1=C2Nc3ccccc3[C@]23CCN(Cc2ccccc2)[C@@H]3[C@@H]([C@H]2CCCC[C@H]2COC(C)=O)C1. The molecule has 6 heteroatoms. The zero-order valence-corrected chi connectivity index (χ0v) is 22.4. The molecule has 2 aliphatic heterocycles. The van der Waals surface area contributed by atoms with Gasteiger partial charge in [0.2, 0.25) is 0 Å². The summed E-state index contributed by atoms with van der Waals surface area (Å²) in [6.07, 6.45) is 6.14. The van der Waals surface area contributed by atoms with Crippen LogP contribution in [-0.4, -0.2) is 43.1 Å². The minimum atomic E-state index is -0.277. The second kappa shape index (κ2) is 10.2. The van der Waals surface area contributed by atoms with Crippen molar-refractivity contribution in [3.05, 3.63) is 77.0 Å². The quantitative estimate of drug-likeness (QED) is 0.518. The van der Waals surface area contributed by atoms with Crippen LogP contribution in [0.25, 0.3) is 0 Å². The first-order chi connectivity index (χ1) is 18.5. The van der Waals surface area contributed by atoms with E-state index in [2.05, 4.69) is 64.8 Å². The number of methoxy groups -OCH3 is 1. The van der Waals surface area contributed by atoms with Gasteiger partial charge in [0, 0.05) is 37.4 Å². The van der Waals surface area contributed by atoms with Crippen LogP contribution < -0.4 is 5.32 Å². The molecule has 2 fully saturated rings. The van der Waals surface area contributed by atoms with Gasteiger partial charge in [-0.3, -0.25) is 9.69 Å². The summed E-state index contributed by atoms with van der Waals surface area (Å²) in [5.41, 5.74) is 5.29. The predicted octanol–water partition coefficient (Wildman–Crippen LogP) is 5.44. The molecule has 6 rings (SSSR count). The summed E-state index contributed by atoms with van der Waals surface area (Å²) in [7, 11) is 1.49. The molecular formula is C32H38N2O4. The third-order valence-corrected chi connectivity index (χ3v) is 9.63. The first-order valence-corrected chi connectivity index (χ1v) is 14.1. The van der Waals surface area contributed by atoms with E-state index in [1.165, 1.54) is 31.6 Å². The number of para-hydroxylation sites is 1. The zero-order chi connectivity index (χ0) is 26.3. The predicted molar refractivity (Wildman–Crippen MR) is 146 cm³/mol. The Bertz CT molecular complexity index is 1240. The van der Waals surface area contributed by atoms with Crippen LogP contribution in [-0.2, 0) is 31.0 Å². The highest BCUT2D eigenvalue weighted by atomic mass is 16.5. The topological polar surface area (TPSA) is 67.9 Å². The Kier molecular flexibility index (Phi) is 6.77. The van der Waals surface area contributed by atoms with Crippen molar-refractivity contribution in [1.29, 1.82) is 0 Å². The molecule has 2 heterocycles. The van der Waals surface area contributed by atoms with Crippen LogP contribution in [0, 0.1) is 17.8 Å². The lowest BCUT2D eigenvalue weighted by molar-refractivity contribution is -0.143. The molecule has 0 aromatic heterocycles. The summed E-state index contributed by atoms with van der Waals surface area (Å²) in [4.78, 5) is 27.8. The Balaban J connectivity index is 1.48. The Morgan fingerprint density at radius 1 is 1.03 bits per heavy atom. The van der Waals surface area contributed by atoms with Gasteiger partial charge in [-0.05, 0) is 60.6 Å². The maximum atomic E-state index is 13.3. The van der Waals surface area contributed by atoms with Gasteiger partial charge in [-0.1, -0.05) is 61.4 Å². The van der Waals surface area contributed by atoms with E-state index < -0.39 is 0 Å². The van der Waals surface area contributed by atoms with Gasteiger partial charge in [0.25, 0.3) is 0 Å². The Hall–Kier alpha value is -3.12. The van der Waals surface area contributed by atoms with Crippen molar-refractivity contribution >= 4 is 17.6 Å². The van der Waals surface area contributed by atoms with Gasteiger partial charge < -0.3 is 14.8 Å². The lowest BCUT2D eigenvalue weighted by atomic mass is 9.57. The number of likely N-dealkylation sites (tertiary alicyclic amines) is 1. The fourth-order valence-electron chi connectivity index (χ4n) is 8.20. The molecule has 0 amide bonds. The molecule has 1 spiro atoms. The number of fused-ring (bicyclic) bond motifs is 1. The van der Waals surface area contributed by atoms with Crippen molar-refractivity contribution in [3.8, 4) is 0 Å². The minimum Gasteiger partial charge on any atom is -0.466 e. The molecule has 1 saturated carbocycles. The lowest BCUT2D eigenvalue weighted by Crippen LogP contribution is -2.54. The van der Waals surface area contributed by atoms with E-state index in [0.717, 1.165) is 55.7 Å². The second-order valence-corrected chi connectivity index (χ2v) is 11.5. The number of rotatable bonds is 6. The third kappa shape index (κ3) is 4.14. The molecule has 1 N–H and O–H groups in total. The summed E-state index contributed by atoms with van der Waals surface area (Å²) < 4.78 is 11.0. The first-order valence-electron chi connectivity index (χ1n) is 14.1. The zero-order valence-electron chi connectivity index (χ0n) is 22.4. The van der Waals surface area contributed by atoms with Gasteiger partial charge in [0.15, 0.2) is 0 Å². The number of ether oxygens (including phenoxy) is 2. The highest BCUT2D eigenvalue weighted by molar-refractivity contribution is 5.93. The van der Waals surface area contributed by atoms with Crippen LogP contribution in [0.4, 0.5) is 5.69 Å². The van der Waals surface area contributed by atoms with E-state index in [4.69, 9.17) is 9.47 Å². The summed E-state index contributed by atoms with van der Waals surface area (Å²) in [5.74, 6) is 0.492. The summed E-state index contributed by atoms with van der Waals surface area (Å²) in [6.45, 7) is 3.81. The minimum absolute atomic E-state index is 0.215. The molecule has 2 aliphatic carbocycles. The van der Waals surface area contributed by atoms with Crippen molar-refractivity contribution in [2.24, 2.45) is 17.8 Å². The molecule has 4 aliphatic rings. The van der Waals surface area contributed by atoms with Gasteiger partial charge >= 0.3 is 11.9 Å². The number of hydrogen-bond donors (Lipinski definition) is 1. The van der Waals surface area contributed by atoms with Gasteiger partial charge in [-0.2, -0.15) is 0 Å². The van der Waals surface area contributed by atoms with E-state index in [-0.39, 0.29) is 29.3 Å². The monoisotopic (exact) mass is 514 g/mol. The van der Waals surface area contributed by atoms with Gasteiger partial charge in [-0.25, -0.2) is 4.79 Å². The van der Waals surface area contributed by atoms with E-state index >= 15 is 0 Å². The first kappa shape index (κ1) is 25.2. The van der Waals surface area contributed by atoms with Gasteiger partial charge in [0.05, 0.1) is 24.7 Å². The van der Waals surface area contributed by atoms with Crippen LogP contribution in [0.15, 0.2) is 65.9 Å². The number of hydrogen-bond acceptors (Lipinski definition) is 6. The van der Waals surface area contributed by atoms with Crippen LogP contribution in [0.2, 0.25) is 0 Å². The normalized spacial score (nSPS) is 30.2. The Morgan fingerprint density at radius 3 is 2.58 bits per heavy atom. The lowest BCUT2D eigenvalue weighted by Gasteiger charge is -2.50. The Labute approximate surface area is 225 Å². The van der Waals surface area contributed by atoms with Crippen molar-refractivity contribution in [2.45, 2.75) is 63.5 Å². The number of carbonyl (C=O) groups is 2. The number of nitrogens with zero attached hydrogens (tertiary/aromatic N) is 1. The standard InChI is InChI=1S/C32H38N2O4/c1-21(35)38-20-23-12-6-7-13-24(23)25-18-26(31(36)37-2)29-32(27-14-8-9-15-28(27)33-29)16-17-34(30(25)32)19-22-10-4-3-5-11-22/h3-5,8-11,14-15,23-25,30,33H,6-7,12-13,16-20H2,1-2H3/t23-,24-,25+,30+,32+/m0/s1. The van der Waals surface area contributed by atoms with Crippen LogP contribution in [0.3, 0.4) is 0 Å². The largest absolute Gasteiger partial charge is 0.466 e. The number of anilines is 1. The van der Waals surface area contributed by atoms with Gasteiger partial charge in [-0.15, -0.1) is 0 Å². The smallest absolute Gasteiger partial charge is 0.335 e. The average molecular weight is 515 g/mol. The average Bonchev–Trinajstić information content (AvgIpc) is 3.49. The maximum absolute atomic E-state index is 13.3. The molecule has 38 heavy (non-hydrogen) atoms. The van der Waals surface area contributed by atoms with Crippen molar-refractivity contribution < 1.29 is 19.1 Å². The number of benzene rings is 2. The fraction of sp³-hybridized carbons (Fsp3) is 0.500. The van der Waals surface area contributed by atoms with Crippen molar-refractivity contribution in [3.63, 3.8) is 0 Å². The molecule has 0 unspecified atom stereocenters. The molecule has 6 nitrogen and oxygen atoms in total. The number of esters is 2. The molecule has 200 valence electrons. The van der Waals surface area contributed by atoms with Crippen molar-refractivity contribution in [2.75, 3.05) is 25.6 Å². The molecule has 2 aromatic rings. The van der Waals surface area contributed by atoms with E-state index in [1.54, 1.807) is 0 Å². The van der Waals surface area contributed by atoms with Crippen LogP contribution in [0.5, 0.6) is 0 Å². The summed E-state index contributed by atoms with van der Waals surface area (Å²) >= 11 is 0. The molecule has 0 radical (unpaired) electrons. The maximum Gasteiger partial charge on any atom is 0.335 e. The number of carbonyl (C=O) groups excluding carboxylic acids is 2. The van der Waals surface area contributed by atoms with E-state index in [0.29, 0.717) is 24.9 Å². The summed E-state index contributed by atoms with van der Waals surface area (Å²) in [5, 5.41) is 3.71. The van der Waals surface area contributed by atoms with Gasteiger partial charge in [0.1, 0.15) is 0 Å². The van der Waals surface area contributed by atoms with Crippen molar-refractivity contribution in [1.82, 2.24) is 4.90 Å². The molecule has 1 saturated heterocycles. The fourth-order valence-corrected chi connectivity index (χ4v) is 8.20.